The van der Waals surface area contributed by atoms with Crippen LogP contribution in [0, 0.1) is 5.92 Å². The van der Waals surface area contributed by atoms with Crippen molar-refractivity contribution in [3.8, 4) is 0 Å². The molecule has 2 atom stereocenters. The van der Waals surface area contributed by atoms with Crippen LogP contribution in [0.2, 0.25) is 0 Å². The molecule has 1 amide bonds. The molecule has 172 valence electrons. The Morgan fingerprint density at radius 2 is 1.75 bits per heavy atom. The molecule has 2 saturated heterocycles. The number of carbonyl (C=O) groups excluding carboxylic acids is 1. The molecule has 32 heavy (non-hydrogen) atoms. The van der Waals surface area contributed by atoms with Crippen molar-refractivity contribution in [3.63, 3.8) is 0 Å². The number of nitrogens with zero attached hydrogens (tertiary/aromatic N) is 3. The number of fused-ring (bicyclic) bond motifs is 1. The number of carboxylic acid groups (broad SMARTS) is 1. The molecule has 1 aromatic heterocycles. The van der Waals surface area contributed by atoms with Gasteiger partial charge in [0.05, 0.1) is 18.4 Å². The van der Waals surface area contributed by atoms with E-state index >= 15 is 0 Å². The molecule has 0 saturated carbocycles. The lowest BCUT2D eigenvalue weighted by Crippen LogP contribution is -2.37. The number of pyridine rings is 1. The van der Waals surface area contributed by atoms with E-state index in [9.17, 15) is 18.0 Å². The van der Waals surface area contributed by atoms with Crippen molar-refractivity contribution in [2.75, 3.05) is 32.8 Å². The third kappa shape index (κ3) is 6.51. The highest BCUT2D eigenvalue weighted by molar-refractivity contribution is 5.94. The average molecular weight is 451 g/mol. The number of hydrogen-bond acceptors (Lipinski definition) is 5. The Balaban J connectivity index is 0.000000360. The number of aromatic nitrogens is 1. The summed E-state index contributed by atoms with van der Waals surface area (Å²) >= 11 is 0. The van der Waals surface area contributed by atoms with E-state index in [1.165, 1.54) is 0 Å². The van der Waals surface area contributed by atoms with Gasteiger partial charge in [-0.15, -0.1) is 0 Å². The zero-order valence-electron chi connectivity index (χ0n) is 17.2. The van der Waals surface area contributed by atoms with Gasteiger partial charge in [-0.2, -0.15) is 13.2 Å². The van der Waals surface area contributed by atoms with Gasteiger partial charge in [-0.05, 0) is 24.3 Å². The van der Waals surface area contributed by atoms with Crippen molar-refractivity contribution in [1.82, 2.24) is 14.8 Å². The first-order chi connectivity index (χ1) is 15.2. The summed E-state index contributed by atoms with van der Waals surface area (Å²) in [7, 11) is 0. The number of carbonyl (C=O) groups is 2. The molecule has 0 aliphatic carbocycles. The second-order valence-electron chi connectivity index (χ2n) is 7.60. The van der Waals surface area contributed by atoms with Gasteiger partial charge in [-0.25, -0.2) is 4.79 Å². The molecule has 7 nitrogen and oxygen atoms in total. The maximum Gasteiger partial charge on any atom is 0.490 e. The first-order valence-corrected chi connectivity index (χ1v) is 10.1. The highest BCUT2D eigenvalue weighted by atomic mass is 19.4. The number of alkyl halides is 3. The van der Waals surface area contributed by atoms with Crippen LogP contribution in [-0.4, -0.2) is 76.8 Å². The van der Waals surface area contributed by atoms with Gasteiger partial charge in [0.15, 0.2) is 0 Å². The summed E-state index contributed by atoms with van der Waals surface area (Å²) in [6.45, 7) is 4.73. The summed E-state index contributed by atoms with van der Waals surface area (Å²) in [5.74, 6) is -2.29. The van der Waals surface area contributed by atoms with Crippen LogP contribution in [0.25, 0.3) is 0 Å². The normalized spacial score (nSPS) is 21.2. The van der Waals surface area contributed by atoms with Crippen LogP contribution in [0.3, 0.4) is 0 Å². The number of rotatable bonds is 3. The minimum absolute atomic E-state index is 0.105. The molecular weight excluding hydrogens is 427 g/mol. The zero-order chi connectivity index (χ0) is 23.1. The van der Waals surface area contributed by atoms with Crippen molar-refractivity contribution in [1.29, 1.82) is 0 Å². The third-order valence-electron chi connectivity index (χ3n) is 5.27. The van der Waals surface area contributed by atoms with Crippen molar-refractivity contribution < 1.29 is 32.6 Å². The molecule has 2 fully saturated rings. The molecule has 0 radical (unpaired) electrons. The summed E-state index contributed by atoms with van der Waals surface area (Å²) in [5.41, 5.74) is 1.83. The maximum absolute atomic E-state index is 12.8. The van der Waals surface area contributed by atoms with Crippen molar-refractivity contribution in [3.05, 3.63) is 66.0 Å². The number of likely N-dealkylation sites (tertiary alicyclic amines) is 1. The molecule has 3 heterocycles. The second kappa shape index (κ2) is 10.6. The highest BCUT2D eigenvalue weighted by Crippen LogP contribution is 2.25. The van der Waals surface area contributed by atoms with Gasteiger partial charge in [0.25, 0.3) is 5.91 Å². The maximum atomic E-state index is 12.8. The Morgan fingerprint density at radius 3 is 2.38 bits per heavy atom. The first kappa shape index (κ1) is 23.7. The van der Waals surface area contributed by atoms with Crippen LogP contribution in [0.4, 0.5) is 13.2 Å². The first-order valence-electron chi connectivity index (χ1n) is 10.1. The molecule has 2 aromatic rings. The van der Waals surface area contributed by atoms with E-state index in [1.54, 1.807) is 0 Å². The number of ether oxygens (including phenoxy) is 1. The zero-order valence-corrected chi connectivity index (χ0v) is 17.2. The van der Waals surface area contributed by atoms with Crippen molar-refractivity contribution in [2.24, 2.45) is 5.92 Å². The van der Waals surface area contributed by atoms with Crippen molar-refractivity contribution >= 4 is 11.9 Å². The number of benzene rings is 1. The Morgan fingerprint density at radius 1 is 1.06 bits per heavy atom. The Kier molecular flexibility index (Phi) is 7.81. The Labute approximate surface area is 183 Å². The minimum atomic E-state index is -5.08. The third-order valence-corrected chi connectivity index (χ3v) is 5.27. The van der Waals surface area contributed by atoms with Gasteiger partial charge in [0, 0.05) is 50.4 Å². The van der Waals surface area contributed by atoms with Gasteiger partial charge >= 0.3 is 12.1 Å². The number of amides is 1. The van der Waals surface area contributed by atoms with Crippen LogP contribution < -0.4 is 0 Å². The van der Waals surface area contributed by atoms with E-state index in [2.05, 4.69) is 16.0 Å². The lowest BCUT2D eigenvalue weighted by atomic mass is 10.1. The smallest absolute Gasteiger partial charge is 0.475 e. The summed E-state index contributed by atoms with van der Waals surface area (Å²) < 4.78 is 37.8. The number of carboxylic acids is 1. The van der Waals surface area contributed by atoms with Crippen LogP contribution in [0.1, 0.15) is 16.1 Å². The average Bonchev–Trinajstić information content (AvgIpc) is 3.03. The van der Waals surface area contributed by atoms with E-state index < -0.39 is 12.1 Å². The molecule has 1 N–H and O–H groups in total. The lowest BCUT2D eigenvalue weighted by Gasteiger charge is -2.23. The molecule has 2 aliphatic rings. The van der Waals surface area contributed by atoms with E-state index in [-0.39, 0.29) is 12.0 Å². The molecule has 0 bridgehead atoms. The monoisotopic (exact) mass is 451 g/mol. The fraction of sp³-hybridized carbons (Fsp3) is 0.409. The largest absolute Gasteiger partial charge is 0.490 e. The molecule has 0 spiro atoms. The Hall–Kier alpha value is -2.98. The van der Waals surface area contributed by atoms with Gasteiger partial charge in [0.2, 0.25) is 0 Å². The van der Waals surface area contributed by atoms with Gasteiger partial charge in [-0.3, -0.25) is 14.7 Å². The minimum Gasteiger partial charge on any atom is -0.475 e. The predicted octanol–water partition coefficient (Wildman–Crippen LogP) is 2.69. The number of hydrogen-bond donors (Lipinski definition) is 1. The van der Waals surface area contributed by atoms with Gasteiger partial charge < -0.3 is 14.7 Å². The SMILES string of the molecule is O=C(O)C(F)(F)F.O=C(c1ccccc1)N1CCO[C@@H]2CN(Cc3ccccn3)C[C@@H]2C1. The molecule has 2 aliphatic heterocycles. The predicted molar refractivity (Wildman–Crippen MR) is 109 cm³/mol. The van der Waals surface area contributed by atoms with Crippen LogP contribution >= 0.6 is 0 Å². The quantitative estimate of drug-likeness (QED) is 0.773. The van der Waals surface area contributed by atoms with Crippen LogP contribution in [0.5, 0.6) is 0 Å². The van der Waals surface area contributed by atoms with Crippen molar-refractivity contribution in [2.45, 2.75) is 18.8 Å². The molecular formula is C22H24F3N3O4. The Bertz CT molecular complexity index is 896. The fourth-order valence-electron chi connectivity index (χ4n) is 3.78. The highest BCUT2D eigenvalue weighted by Gasteiger charge is 2.38. The van der Waals surface area contributed by atoms with E-state index in [0.29, 0.717) is 19.1 Å². The topological polar surface area (TPSA) is 83.0 Å². The molecule has 0 unspecified atom stereocenters. The summed E-state index contributed by atoms with van der Waals surface area (Å²) in [6.07, 6.45) is -3.04. The molecule has 1 aromatic carbocycles. The summed E-state index contributed by atoms with van der Waals surface area (Å²) in [6, 6.07) is 15.5. The fourth-order valence-corrected chi connectivity index (χ4v) is 3.78. The van der Waals surface area contributed by atoms with Crippen LogP contribution in [-0.2, 0) is 16.1 Å². The summed E-state index contributed by atoms with van der Waals surface area (Å²) in [4.78, 5) is 30.4. The number of halogens is 3. The van der Waals surface area contributed by atoms with Crippen LogP contribution in [0.15, 0.2) is 54.7 Å². The van der Waals surface area contributed by atoms with E-state index in [4.69, 9.17) is 14.6 Å². The lowest BCUT2D eigenvalue weighted by molar-refractivity contribution is -0.192. The van der Waals surface area contributed by atoms with Gasteiger partial charge in [-0.1, -0.05) is 24.3 Å². The molecule has 10 heteroatoms. The van der Waals surface area contributed by atoms with E-state index in [0.717, 1.165) is 37.4 Å². The summed E-state index contributed by atoms with van der Waals surface area (Å²) in [5, 5.41) is 7.12. The molecule has 4 rings (SSSR count). The second-order valence-corrected chi connectivity index (χ2v) is 7.60. The van der Waals surface area contributed by atoms with Gasteiger partial charge in [0.1, 0.15) is 0 Å². The standard InChI is InChI=1S/C20H23N3O2.C2HF3O2/c24-20(16-6-2-1-3-7-16)23-10-11-25-19-15-22(12-17(19)13-23)14-18-8-4-5-9-21-18;3-2(4,5)1(6)7/h1-9,17,19H,10-15H2;(H,6,7)/t17-,19-;/m1./s1. The number of aliphatic carboxylic acids is 1. The van der Waals surface area contributed by atoms with E-state index in [1.807, 2.05) is 53.6 Å².